The van der Waals surface area contributed by atoms with Crippen LogP contribution in [-0.2, 0) is 10.0 Å². The molecule has 0 atom stereocenters. The number of hydrogen-bond donors (Lipinski definition) is 1. The maximum Gasteiger partial charge on any atom is 0.264 e. The van der Waals surface area contributed by atoms with Crippen molar-refractivity contribution in [2.24, 2.45) is 0 Å². The first-order valence-electron chi connectivity index (χ1n) is 4.97. The van der Waals surface area contributed by atoms with Crippen LogP contribution >= 0.6 is 11.6 Å². The Morgan fingerprint density at radius 3 is 2.53 bits per heavy atom. The molecule has 8 heteroatoms. The molecule has 1 aromatic heterocycles. The van der Waals surface area contributed by atoms with Gasteiger partial charge in [0.25, 0.3) is 10.0 Å². The normalized spacial score (nSPS) is 11.3. The maximum atomic E-state index is 13.0. The number of nitrogens with one attached hydrogen (secondary N) is 1. The standard InChI is InChI=1S/C11H7ClF2N2O2S/c12-8-3-4-15-6-11(8)19(17,18)16-7-1-2-9(13)10(14)5-7/h1-6,16H. The molecule has 100 valence electrons. The van der Waals surface area contributed by atoms with Crippen LogP contribution in [0.4, 0.5) is 14.5 Å². The van der Waals surface area contributed by atoms with E-state index >= 15 is 0 Å². The highest BCUT2D eigenvalue weighted by Gasteiger charge is 2.18. The Morgan fingerprint density at radius 1 is 1.16 bits per heavy atom. The van der Waals surface area contributed by atoms with Crippen molar-refractivity contribution in [1.82, 2.24) is 4.98 Å². The molecule has 0 spiro atoms. The summed E-state index contributed by atoms with van der Waals surface area (Å²) < 4.78 is 51.7. The molecule has 2 aromatic rings. The number of sulfonamides is 1. The Labute approximate surface area is 113 Å². The molecule has 0 amide bonds. The lowest BCUT2D eigenvalue weighted by molar-refractivity contribution is 0.509. The topological polar surface area (TPSA) is 59.1 Å². The second kappa shape index (κ2) is 5.10. The second-order valence-electron chi connectivity index (χ2n) is 3.54. The molecule has 2 rings (SSSR count). The third kappa shape index (κ3) is 2.99. The number of rotatable bonds is 3. The van der Waals surface area contributed by atoms with Crippen molar-refractivity contribution in [3.05, 3.63) is 53.3 Å². The van der Waals surface area contributed by atoms with Gasteiger partial charge in [-0.2, -0.15) is 0 Å². The van der Waals surface area contributed by atoms with Crippen LogP contribution in [-0.4, -0.2) is 13.4 Å². The Morgan fingerprint density at radius 2 is 1.89 bits per heavy atom. The number of pyridine rings is 1. The lowest BCUT2D eigenvalue weighted by atomic mass is 10.3. The number of benzene rings is 1. The predicted molar refractivity (Wildman–Crippen MR) is 66.4 cm³/mol. The zero-order valence-electron chi connectivity index (χ0n) is 9.27. The van der Waals surface area contributed by atoms with E-state index in [4.69, 9.17) is 11.6 Å². The minimum absolute atomic E-state index is 0.0231. The van der Waals surface area contributed by atoms with Crippen molar-refractivity contribution < 1.29 is 17.2 Å². The summed E-state index contributed by atoms with van der Waals surface area (Å²) in [5.74, 6) is -2.22. The summed E-state index contributed by atoms with van der Waals surface area (Å²) in [5, 5.41) is -0.0231. The lowest BCUT2D eigenvalue weighted by Gasteiger charge is -2.09. The zero-order chi connectivity index (χ0) is 14.0. The average Bonchev–Trinajstić information content (AvgIpc) is 2.34. The number of hydrogen-bond acceptors (Lipinski definition) is 3. The zero-order valence-corrected chi connectivity index (χ0v) is 10.8. The Kier molecular flexibility index (Phi) is 3.68. The van der Waals surface area contributed by atoms with Gasteiger partial charge < -0.3 is 0 Å². The van der Waals surface area contributed by atoms with Gasteiger partial charge in [0.1, 0.15) is 4.90 Å². The quantitative estimate of drug-likeness (QED) is 0.948. The van der Waals surface area contributed by atoms with Crippen LogP contribution in [0.3, 0.4) is 0 Å². The third-order valence-corrected chi connectivity index (χ3v) is 4.05. The lowest BCUT2D eigenvalue weighted by Crippen LogP contribution is -2.14. The van der Waals surface area contributed by atoms with Crippen LogP contribution in [0.15, 0.2) is 41.6 Å². The van der Waals surface area contributed by atoms with Crippen molar-refractivity contribution >= 4 is 27.3 Å². The van der Waals surface area contributed by atoms with Gasteiger partial charge in [0.15, 0.2) is 11.6 Å². The molecule has 0 bridgehead atoms. The first-order chi connectivity index (χ1) is 8.90. The van der Waals surface area contributed by atoms with Crippen LogP contribution in [0.1, 0.15) is 0 Å². The molecule has 1 N–H and O–H groups in total. The van der Waals surface area contributed by atoms with Crippen molar-refractivity contribution in [2.75, 3.05) is 4.72 Å². The summed E-state index contributed by atoms with van der Waals surface area (Å²) in [6.45, 7) is 0. The van der Waals surface area contributed by atoms with Crippen LogP contribution < -0.4 is 4.72 Å². The van der Waals surface area contributed by atoms with Gasteiger partial charge in [0.2, 0.25) is 0 Å². The number of aromatic nitrogens is 1. The monoisotopic (exact) mass is 304 g/mol. The molecule has 0 fully saturated rings. The molecule has 0 aliphatic heterocycles. The van der Waals surface area contributed by atoms with Crippen molar-refractivity contribution in [3.8, 4) is 0 Å². The molecule has 0 saturated heterocycles. The van der Waals surface area contributed by atoms with Gasteiger partial charge in [0.05, 0.1) is 10.7 Å². The predicted octanol–water partition coefficient (Wildman–Crippen LogP) is 2.81. The van der Waals surface area contributed by atoms with E-state index in [9.17, 15) is 17.2 Å². The number of halogens is 3. The first kappa shape index (κ1) is 13.7. The van der Waals surface area contributed by atoms with Crippen molar-refractivity contribution in [1.29, 1.82) is 0 Å². The van der Waals surface area contributed by atoms with E-state index in [2.05, 4.69) is 9.71 Å². The number of nitrogens with zero attached hydrogens (tertiary/aromatic N) is 1. The summed E-state index contributed by atoms with van der Waals surface area (Å²) in [5.41, 5.74) is -0.112. The summed E-state index contributed by atoms with van der Waals surface area (Å²) in [4.78, 5) is 3.40. The van der Waals surface area contributed by atoms with Crippen molar-refractivity contribution in [2.45, 2.75) is 4.90 Å². The van der Waals surface area contributed by atoms with Gasteiger partial charge >= 0.3 is 0 Å². The van der Waals surface area contributed by atoms with Gasteiger partial charge in [0, 0.05) is 18.5 Å². The van der Waals surface area contributed by atoms with E-state index < -0.39 is 21.7 Å². The molecular weight excluding hydrogens is 298 g/mol. The van der Waals surface area contributed by atoms with Crippen LogP contribution in [0.25, 0.3) is 0 Å². The summed E-state index contributed by atoms with van der Waals surface area (Å²) >= 11 is 5.74. The summed E-state index contributed by atoms with van der Waals surface area (Å²) in [6, 6.07) is 3.96. The van der Waals surface area contributed by atoms with Gasteiger partial charge in [-0.15, -0.1) is 0 Å². The molecule has 1 aromatic carbocycles. The van der Waals surface area contributed by atoms with E-state index in [-0.39, 0.29) is 15.6 Å². The smallest absolute Gasteiger partial charge is 0.264 e. The maximum absolute atomic E-state index is 13.0. The van der Waals surface area contributed by atoms with Crippen LogP contribution in [0.2, 0.25) is 5.02 Å². The molecular formula is C11H7ClF2N2O2S. The Bertz CT molecular complexity index is 722. The Balaban J connectivity index is 2.37. The molecule has 4 nitrogen and oxygen atoms in total. The summed E-state index contributed by atoms with van der Waals surface area (Å²) in [7, 11) is -4.01. The molecule has 0 saturated carbocycles. The number of anilines is 1. The van der Waals surface area contributed by atoms with Crippen molar-refractivity contribution in [3.63, 3.8) is 0 Å². The third-order valence-electron chi connectivity index (χ3n) is 2.20. The van der Waals surface area contributed by atoms with Gasteiger partial charge in [-0.3, -0.25) is 9.71 Å². The first-order valence-corrected chi connectivity index (χ1v) is 6.83. The average molecular weight is 305 g/mol. The van der Waals surface area contributed by atoms with Crippen LogP contribution in [0.5, 0.6) is 0 Å². The van der Waals surface area contributed by atoms with Gasteiger partial charge in [-0.25, -0.2) is 17.2 Å². The van der Waals surface area contributed by atoms with Gasteiger partial charge in [-0.05, 0) is 18.2 Å². The van der Waals surface area contributed by atoms with E-state index in [1.807, 2.05) is 0 Å². The largest absolute Gasteiger partial charge is 0.279 e. The molecule has 0 radical (unpaired) electrons. The highest BCUT2D eigenvalue weighted by Crippen LogP contribution is 2.23. The highest BCUT2D eigenvalue weighted by molar-refractivity contribution is 7.92. The van der Waals surface area contributed by atoms with E-state index in [0.717, 1.165) is 24.4 Å². The fraction of sp³-hybridized carbons (Fsp3) is 0. The molecule has 0 unspecified atom stereocenters. The summed E-state index contributed by atoms with van der Waals surface area (Å²) in [6.07, 6.45) is 2.39. The minimum atomic E-state index is -4.01. The van der Waals surface area contributed by atoms with E-state index in [1.54, 1.807) is 0 Å². The molecule has 0 aliphatic rings. The van der Waals surface area contributed by atoms with E-state index in [0.29, 0.717) is 0 Å². The van der Waals surface area contributed by atoms with Gasteiger partial charge in [-0.1, -0.05) is 11.6 Å². The molecule has 1 heterocycles. The molecule has 19 heavy (non-hydrogen) atoms. The molecule has 0 aliphatic carbocycles. The minimum Gasteiger partial charge on any atom is -0.279 e. The SMILES string of the molecule is O=S(=O)(Nc1ccc(F)c(F)c1)c1cnccc1Cl. The fourth-order valence-corrected chi connectivity index (χ4v) is 2.81. The second-order valence-corrected chi connectivity index (χ2v) is 5.60. The van der Waals surface area contributed by atoms with Crippen LogP contribution in [0, 0.1) is 11.6 Å². The Hall–Kier alpha value is -1.73. The highest BCUT2D eigenvalue weighted by atomic mass is 35.5. The fourth-order valence-electron chi connectivity index (χ4n) is 1.33. The van der Waals surface area contributed by atoms with E-state index in [1.165, 1.54) is 12.3 Å².